The van der Waals surface area contributed by atoms with Gasteiger partial charge in [0.1, 0.15) is 6.04 Å². The highest BCUT2D eigenvalue weighted by Crippen LogP contribution is 2.25. The van der Waals surface area contributed by atoms with Crippen molar-refractivity contribution >= 4 is 5.91 Å². The molecule has 4 nitrogen and oxygen atoms in total. The number of hydrogen-bond donors (Lipinski definition) is 2. The van der Waals surface area contributed by atoms with E-state index < -0.39 is 11.9 Å². The smallest absolute Gasteiger partial charge is 0.236 e. The van der Waals surface area contributed by atoms with Gasteiger partial charge < -0.3 is 16.2 Å². The molecule has 82 valence electrons. The largest absolute Gasteiger partial charge is 0.376 e. The number of nitrogens with two attached hydrogens (primary N) is 2. The van der Waals surface area contributed by atoms with Crippen molar-refractivity contribution in [3.8, 4) is 0 Å². The Morgan fingerprint density at radius 1 is 1.43 bits per heavy atom. The summed E-state index contributed by atoms with van der Waals surface area (Å²) in [5.74, 6) is 0.314. The maximum atomic E-state index is 10.6. The van der Waals surface area contributed by atoms with Crippen LogP contribution in [0.25, 0.3) is 0 Å². The molecule has 14 heavy (non-hydrogen) atoms. The van der Waals surface area contributed by atoms with Crippen molar-refractivity contribution < 1.29 is 9.53 Å². The topological polar surface area (TPSA) is 78.3 Å². The summed E-state index contributed by atoms with van der Waals surface area (Å²) in [7, 11) is 0. The molecule has 0 aromatic carbocycles. The highest BCUT2D eigenvalue weighted by Gasteiger charge is 2.20. The summed E-state index contributed by atoms with van der Waals surface area (Å²) in [6.45, 7) is 2.51. The standard InChI is InChI=1S/C10H20N2O2/c1-7-2-4-8(5-3-7)14-6-9(11)10(12)13/h7-9H,2-6,11H2,1H3,(H2,12,13). The number of carbonyl (C=O) groups excluding carboxylic acids is 1. The van der Waals surface area contributed by atoms with Crippen LogP contribution < -0.4 is 11.5 Å². The first kappa shape index (κ1) is 11.5. The third-order valence-electron chi connectivity index (χ3n) is 2.84. The second-order valence-corrected chi connectivity index (χ2v) is 4.22. The molecule has 0 heterocycles. The molecular formula is C10H20N2O2. The van der Waals surface area contributed by atoms with Gasteiger partial charge in [0.05, 0.1) is 12.7 Å². The van der Waals surface area contributed by atoms with Crippen LogP contribution in [0.15, 0.2) is 0 Å². The predicted molar refractivity (Wildman–Crippen MR) is 54.5 cm³/mol. The number of ether oxygens (including phenoxy) is 1. The van der Waals surface area contributed by atoms with Gasteiger partial charge in [-0.15, -0.1) is 0 Å². The van der Waals surface area contributed by atoms with Gasteiger partial charge in [0, 0.05) is 0 Å². The molecule has 1 aliphatic carbocycles. The highest BCUT2D eigenvalue weighted by molar-refractivity contribution is 5.79. The lowest BCUT2D eigenvalue weighted by Crippen LogP contribution is -2.41. The van der Waals surface area contributed by atoms with E-state index in [-0.39, 0.29) is 12.7 Å². The van der Waals surface area contributed by atoms with E-state index in [2.05, 4.69) is 6.92 Å². The highest BCUT2D eigenvalue weighted by atomic mass is 16.5. The molecule has 0 aromatic heterocycles. The molecule has 0 aliphatic heterocycles. The number of rotatable bonds is 4. The maximum Gasteiger partial charge on any atom is 0.236 e. The Bertz CT molecular complexity index is 189. The van der Waals surface area contributed by atoms with Gasteiger partial charge in [0.25, 0.3) is 0 Å². The summed E-state index contributed by atoms with van der Waals surface area (Å²) in [6, 6.07) is -0.658. The monoisotopic (exact) mass is 200 g/mol. The zero-order chi connectivity index (χ0) is 10.6. The maximum absolute atomic E-state index is 10.6. The minimum absolute atomic E-state index is 0.258. The third kappa shape index (κ3) is 3.64. The molecule has 1 rings (SSSR count). The molecular weight excluding hydrogens is 180 g/mol. The normalized spacial score (nSPS) is 29.9. The summed E-state index contributed by atoms with van der Waals surface area (Å²) in [6.07, 6.45) is 4.84. The number of carbonyl (C=O) groups is 1. The van der Waals surface area contributed by atoms with Crippen LogP contribution in [0.4, 0.5) is 0 Å². The van der Waals surface area contributed by atoms with Gasteiger partial charge in [0.15, 0.2) is 0 Å². The Balaban J connectivity index is 2.16. The second-order valence-electron chi connectivity index (χ2n) is 4.22. The zero-order valence-corrected chi connectivity index (χ0v) is 8.74. The van der Waals surface area contributed by atoms with Crippen molar-refractivity contribution in [2.24, 2.45) is 17.4 Å². The summed E-state index contributed by atoms with van der Waals surface area (Å²) < 4.78 is 5.53. The first-order valence-corrected chi connectivity index (χ1v) is 5.26. The Morgan fingerprint density at radius 3 is 2.50 bits per heavy atom. The quantitative estimate of drug-likeness (QED) is 0.689. The first-order chi connectivity index (χ1) is 6.59. The van der Waals surface area contributed by atoms with Crippen LogP contribution >= 0.6 is 0 Å². The lowest BCUT2D eigenvalue weighted by atomic mass is 9.89. The zero-order valence-electron chi connectivity index (χ0n) is 8.74. The minimum atomic E-state index is -0.658. The number of amides is 1. The van der Waals surface area contributed by atoms with Gasteiger partial charge >= 0.3 is 0 Å². The molecule has 1 amide bonds. The van der Waals surface area contributed by atoms with E-state index in [4.69, 9.17) is 16.2 Å². The van der Waals surface area contributed by atoms with E-state index in [0.29, 0.717) is 0 Å². The molecule has 0 saturated heterocycles. The van der Waals surface area contributed by atoms with E-state index >= 15 is 0 Å². The lowest BCUT2D eigenvalue weighted by molar-refractivity contribution is -0.121. The molecule has 4 N–H and O–H groups in total. The molecule has 0 aromatic rings. The fourth-order valence-corrected chi connectivity index (χ4v) is 1.72. The van der Waals surface area contributed by atoms with E-state index in [1.165, 1.54) is 12.8 Å². The van der Waals surface area contributed by atoms with Gasteiger partial charge in [-0.2, -0.15) is 0 Å². The molecule has 1 atom stereocenters. The van der Waals surface area contributed by atoms with Crippen LogP contribution in [0, 0.1) is 5.92 Å². The molecule has 0 spiro atoms. The molecule has 1 aliphatic rings. The van der Waals surface area contributed by atoms with E-state index in [1.54, 1.807) is 0 Å². The molecule has 0 bridgehead atoms. The SMILES string of the molecule is CC1CCC(OCC(N)C(N)=O)CC1. The van der Waals surface area contributed by atoms with Crippen LogP contribution in [0.2, 0.25) is 0 Å². The summed E-state index contributed by atoms with van der Waals surface area (Å²) in [4.78, 5) is 10.6. The Hall–Kier alpha value is -0.610. The molecule has 1 unspecified atom stereocenters. The molecule has 4 heteroatoms. The Morgan fingerprint density at radius 2 is 2.00 bits per heavy atom. The molecule has 1 saturated carbocycles. The van der Waals surface area contributed by atoms with Crippen molar-refractivity contribution in [1.82, 2.24) is 0 Å². The third-order valence-corrected chi connectivity index (χ3v) is 2.84. The Labute approximate surface area is 85.0 Å². The van der Waals surface area contributed by atoms with Crippen molar-refractivity contribution in [2.75, 3.05) is 6.61 Å². The summed E-state index contributed by atoms with van der Waals surface area (Å²) >= 11 is 0. The number of hydrogen-bond acceptors (Lipinski definition) is 3. The minimum Gasteiger partial charge on any atom is -0.376 e. The molecule has 1 fully saturated rings. The fraction of sp³-hybridized carbons (Fsp3) is 0.900. The average Bonchev–Trinajstić information content (AvgIpc) is 2.16. The first-order valence-electron chi connectivity index (χ1n) is 5.26. The van der Waals surface area contributed by atoms with Gasteiger partial charge in [-0.05, 0) is 31.6 Å². The average molecular weight is 200 g/mol. The fourth-order valence-electron chi connectivity index (χ4n) is 1.72. The van der Waals surface area contributed by atoms with Crippen LogP contribution in [-0.4, -0.2) is 24.7 Å². The van der Waals surface area contributed by atoms with E-state index in [9.17, 15) is 4.79 Å². The van der Waals surface area contributed by atoms with Crippen molar-refractivity contribution in [3.63, 3.8) is 0 Å². The summed E-state index contributed by atoms with van der Waals surface area (Å²) in [5.41, 5.74) is 10.5. The van der Waals surface area contributed by atoms with Gasteiger partial charge in [-0.1, -0.05) is 6.92 Å². The summed E-state index contributed by atoms with van der Waals surface area (Å²) in [5, 5.41) is 0. The number of primary amides is 1. The lowest BCUT2D eigenvalue weighted by Gasteiger charge is -2.26. The second kappa shape index (κ2) is 5.32. The van der Waals surface area contributed by atoms with Crippen LogP contribution in [0.3, 0.4) is 0 Å². The van der Waals surface area contributed by atoms with Gasteiger partial charge in [0.2, 0.25) is 5.91 Å². The van der Waals surface area contributed by atoms with Crippen LogP contribution in [0.5, 0.6) is 0 Å². The Kier molecular flexibility index (Phi) is 4.35. The molecule has 0 radical (unpaired) electrons. The van der Waals surface area contributed by atoms with Gasteiger partial charge in [-0.25, -0.2) is 0 Å². The van der Waals surface area contributed by atoms with E-state index in [1.807, 2.05) is 0 Å². The van der Waals surface area contributed by atoms with Crippen molar-refractivity contribution in [1.29, 1.82) is 0 Å². The van der Waals surface area contributed by atoms with Crippen molar-refractivity contribution in [3.05, 3.63) is 0 Å². The van der Waals surface area contributed by atoms with Crippen LogP contribution in [0.1, 0.15) is 32.6 Å². The van der Waals surface area contributed by atoms with Crippen molar-refractivity contribution in [2.45, 2.75) is 44.8 Å². The predicted octanol–water partition coefficient (Wildman–Crippen LogP) is 0.394. The van der Waals surface area contributed by atoms with Crippen LogP contribution in [-0.2, 0) is 9.53 Å². The van der Waals surface area contributed by atoms with Gasteiger partial charge in [-0.3, -0.25) is 4.79 Å². The van der Waals surface area contributed by atoms with E-state index in [0.717, 1.165) is 18.8 Å².